The van der Waals surface area contributed by atoms with E-state index in [1.807, 2.05) is 26.1 Å². The van der Waals surface area contributed by atoms with E-state index in [1.165, 1.54) is 11.3 Å². The number of fused-ring (bicyclic) bond motifs is 1. The number of thiophene rings is 1. The molecule has 0 spiro atoms. The van der Waals surface area contributed by atoms with E-state index in [0.717, 1.165) is 21.6 Å². The first-order valence-corrected chi connectivity index (χ1v) is 7.57. The topological polar surface area (TPSA) is 75.6 Å². The standard InChI is InChI=1S/C14H17N5OS/c1-7(2)10-6-12(17-16-10)15-13(20)11-5-9-8(3)18-19(4)14(9)21-11/h5-7H,1-4H3,(H2,15,16,17,20). The van der Waals surface area contributed by atoms with Crippen LogP contribution >= 0.6 is 11.3 Å². The quantitative estimate of drug-likeness (QED) is 0.781. The molecule has 0 fully saturated rings. The van der Waals surface area contributed by atoms with E-state index in [9.17, 15) is 4.79 Å². The van der Waals surface area contributed by atoms with Crippen molar-refractivity contribution < 1.29 is 4.79 Å². The number of aromatic amines is 1. The molecular weight excluding hydrogens is 286 g/mol. The molecule has 3 aromatic rings. The molecule has 0 radical (unpaired) electrons. The molecule has 3 aromatic heterocycles. The van der Waals surface area contributed by atoms with Gasteiger partial charge in [-0.05, 0) is 18.9 Å². The Labute approximate surface area is 126 Å². The van der Waals surface area contributed by atoms with Gasteiger partial charge in [0.25, 0.3) is 5.91 Å². The van der Waals surface area contributed by atoms with Crippen molar-refractivity contribution in [2.45, 2.75) is 26.7 Å². The highest BCUT2D eigenvalue weighted by Crippen LogP contribution is 2.28. The molecule has 0 saturated heterocycles. The highest BCUT2D eigenvalue weighted by atomic mass is 32.1. The summed E-state index contributed by atoms with van der Waals surface area (Å²) < 4.78 is 1.80. The smallest absolute Gasteiger partial charge is 0.267 e. The van der Waals surface area contributed by atoms with E-state index in [1.54, 1.807) is 4.68 Å². The minimum absolute atomic E-state index is 0.141. The lowest BCUT2D eigenvalue weighted by atomic mass is 10.1. The largest absolute Gasteiger partial charge is 0.304 e. The van der Waals surface area contributed by atoms with Crippen molar-refractivity contribution in [1.82, 2.24) is 20.0 Å². The van der Waals surface area contributed by atoms with E-state index in [2.05, 4.69) is 34.5 Å². The predicted molar refractivity (Wildman–Crippen MR) is 84.0 cm³/mol. The van der Waals surface area contributed by atoms with Crippen molar-refractivity contribution in [3.8, 4) is 0 Å². The molecule has 2 N–H and O–H groups in total. The van der Waals surface area contributed by atoms with Gasteiger partial charge < -0.3 is 5.32 Å². The van der Waals surface area contributed by atoms with Crippen molar-refractivity contribution >= 4 is 33.3 Å². The first kappa shape index (κ1) is 13.8. The maximum absolute atomic E-state index is 12.3. The third-order valence-electron chi connectivity index (χ3n) is 3.38. The summed E-state index contributed by atoms with van der Waals surface area (Å²) in [6.07, 6.45) is 0. The average molecular weight is 303 g/mol. The molecule has 7 heteroatoms. The van der Waals surface area contributed by atoms with Gasteiger partial charge in [0.2, 0.25) is 0 Å². The van der Waals surface area contributed by atoms with E-state index < -0.39 is 0 Å². The molecule has 21 heavy (non-hydrogen) atoms. The van der Waals surface area contributed by atoms with Crippen LogP contribution in [0.2, 0.25) is 0 Å². The second-order valence-corrected chi connectivity index (χ2v) is 6.39. The van der Waals surface area contributed by atoms with Gasteiger partial charge in [-0.3, -0.25) is 14.6 Å². The van der Waals surface area contributed by atoms with E-state index in [0.29, 0.717) is 16.6 Å². The molecule has 0 aliphatic heterocycles. The van der Waals surface area contributed by atoms with Gasteiger partial charge in [0, 0.05) is 24.2 Å². The van der Waals surface area contributed by atoms with Crippen LogP contribution in [-0.4, -0.2) is 25.9 Å². The Bertz CT molecular complexity index is 776. The Kier molecular flexibility index (Phi) is 3.29. The summed E-state index contributed by atoms with van der Waals surface area (Å²) in [7, 11) is 1.89. The molecule has 3 heterocycles. The van der Waals surface area contributed by atoms with Gasteiger partial charge >= 0.3 is 0 Å². The number of H-pyrrole nitrogens is 1. The zero-order valence-electron chi connectivity index (χ0n) is 12.4. The summed E-state index contributed by atoms with van der Waals surface area (Å²) in [5, 5.41) is 15.2. The molecular formula is C14H17N5OS. The van der Waals surface area contributed by atoms with Gasteiger partial charge in [0.15, 0.2) is 5.82 Å². The minimum Gasteiger partial charge on any atom is -0.304 e. The highest BCUT2D eigenvalue weighted by Gasteiger charge is 2.16. The van der Waals surface area contributed by atoms with Crippen LogP contribution in [0.5, 0.6) is 0 Å². The fourth-order valence-electron chi connectivity index (χ4n) is 2.19. The lowest BCUT2D eigenvalue weighted by Crippen LogP contribution is -2.10. The Morgan fingerprint density at radius 3 is 2.81 bits per heavy atom. The van der Waals surface area contributed by atoms with Crippen LogP contribution in [0.1, 0.15) is 40.8 Å². The van der Waals surface area contributed by atoms with Crippen LogP contribution in [0.15, 0.2) is 12.1 Å². The monoisotopic (exact) mass is 303 g/mol. The third kappa shape index (κ3) is 2.44. The number of aromatic nitrogens is 4. The molecule has 110 valence electrons. The number of carbonyl (C=O) groups excluding carboxylic acids is 1. The highest BCUT2D eigenvalue weighted by molar-refractivity contribution is 7.20. The molecule has 0 bridgehead atoms. The summed E-state index contributed by atoms with van der Waals surface area (Å²) in [4.78, 5) is 14.0. The number of nitrogens with one attached hydrogen (secondary N) is 2. The Morgan fingerprint density at radius 2 is 2.19 bits per heavy atom. The second kappa shape index (κ2) is 5.00. The number of hydrogen-bond donors (Lipinski definition) is 2. The second-order valence-electron chi connectivity index (χ2n) is 5.36. The van der Waals surface area contributed by atoms with Gasteiger partial charge in [0.1, 0.15) is 4.83 Å². The van der Waals surface area contributed by atoms with Gasteiger partial charge in [-0.2, -0.15) is 10.2 Å². The van der Waals surface area contributed by atoms with Gasteiger partial charge in [-0.25, -0.2) is 0 Å². The maximum Gasteiger partial charge on any atom is 0.267 e. The fraction of sp³-hybridized carbons (Fsp3) is 0.357. The molecule has 0 aliphatic rings. The number of amides is 1. The SMILES string of the molecule is Cc1nn(C)c2sc(C(=O)Nc3cc(C(C)C)[nH]n3)cc12. The minimum atomic E-state index is -0.141. The van der Waals surface area contributed by atoms with E-state index in [-0.39, 0.29) is 5.91 Å². The van der Waals surface area contributed by atoms with Crippen LogP contribution in [0.3, 0.4) is 0 Å². The molecule has 3 rings (SSSR count). The Morgan fingerprint density at radius 1 is 1.43 bits per heavy atom. The normalized spacial score (nSPS) is 11.5. The van der Waals surface area contributed by atoms with Crippen LogP contribution in [-0.2, 0) is 7.05 Å². The molecule has 1 amide bonds. The number of aryl methyl sites for hydroxylation is 2. The summed E-state index contributed by atoms with van der Waals surface area (Å²) >= 11 is 1.44. The van der Waals surface area contributed by atoms with Gasteiger partial charge in [-0.15, -0.1) is 11.3 Å². The number of rotatable bonds is 3. The molecule has 0 saturated carbocycles. The zero-order chi connectivity index (χ0) is 15.1. The molecule has 6 nitrogen and oxygen atoms in total. The Balaban J connectivity index is 1.84. The average Bonchev–Trinajstić information content (AvgIpc) is 3.08. The number of carbonyl (C=O) groups is 1. The Hall–Kier alpha value is -2.15. The van der Waals surface area contributed by atoms with E-state index >= 15 is 0 Å². The van der Waals surface area contributed by atoms with Gasteiger partial charge in [0.05, 0.1) is 10.6 Å². The summed E-state index contributed by atoms with van der Waals surface area (Å²) in [5.74, 6) is 0.759. The maximum atomic E-state index is 12.3. The third-order valence-corrected chi connectivity index (χ3v) is 4.58. The summed E-state index contributed by atoms with van der Waals surface area (Å²) in [5.41, 5.74) is 1.94. The first-order chi connectivity index (χ1) is 9.95. The van der Waals surface area contributed by atoms with Crippen LogP contribution < -0.4 is 5.32 Å². The molecule has 0 aliphatic carbocycles. The van der Waals surface area contributed by atoms with Gasteiger partial charge in [-0.1, -0.05) is 13.8 Å². The fourth-order valence-corrected chi connectivity index (χ4v) is 3.21. The number of anilines is 1. The lowest BCUT2D eigenvalue weighted by Gasteiger charge is -1.98. The zero-order valence-corrected chi connectivity index (χ0v) is 13.2. The summed E-state index contributed by atoms with van der Waals surface area (Å²) in [6, 6.07) is 3.75. The van der Waals surface area contributed by atoms with Crippen LogP contribution in [0.25, 0.3) is 10.2 Å². The summed E-state index contributed by atoms with van der Waals surface area (Å²) in [6.45, 7) is 6.08. The van der Waals surface area contributed by atoms with E-state index in [4.69, 9.17) is 0 Å². The van der Waals surface area contributed by atoms with Crippen molar-refractivity contribution in [2.24, 2.45) is 7.05 Å². The van der Waals surface area contributed by atoms with Crippen LogP contribution in [0, 0.1) is 6.92 Å². The van der Waals surface area contributed by atoms with Crippen molar-refractivity contribution in [3.63, 3.8) is 0 Å². The molecule has 0 unspecified atom stereocenters. The van der Waals surface area contributed by atoms with Crippen LogP contribution in [0.4, 0.5) is 5.82 Å². The lowest BCUT2D eigenvalue weighted by molar-refractivity contribution is 0.103. The van der Waals surface area contributed by atoms with Crippen molar-refractivity contribution in [1.29, 1.82) is 0 Å². The number of nitrogens with zero attached hydrogens (tertiary/aromatic N) is 3. The molecule has 0 atom stereocenters. The molecule has 0 aromatic carbocycles. The number of hydrogen-bond acceptors (Lipinski definition) is 4. The van der Waals surface area contributed by atoms with Crippen molar-refractivity contribution in [3.05, 3.63) is 28.4 Å². The van der Waals surface area contributed by atoms with Crippen molar-refractivity contribution in [2.75, 3.05) is 5.32 Å². The first-order valence-electron chi connectivity index (χ1n) is 6.75. The predicted octanol–water partition coefficient (Wildman–Crippen LogP) is 3.04.